The molecule has 0 saturated heterocycles. The summed E-state index contributed by atoms with van der Waals surface area (Å²) >= 11 is 0. The van der Waals surface area contributed by atoms with Gasteiger partial charge in [-0.05, 0) is 49.6 Å². The molecular formula is C15H18N2O. The van der Waals surface area contributed by atoms with Crippen molar-refractivity contribution in [2.24, 2.45) is 5.73 Å². The highest BCUT2D eigenvalue weighted by Gasteiger charge is 2.07. The van der Waals surface area contributed by atoms with Crippen molar-refractivity contribution in [2.75, 3.05) is 0 Å². The van der Waals surface area contributed by atoms with Crippen LogP contribution in [0.5, 0.6) is 11.5 Å². The van der Waals surface area contributed by atoms with Crippen LogP contribution in [0, 0.1) is 20.8 Å². The number of benzene rings is 1. The Hall–Kier alpha value is -1.87. The van der Waals surface area contributed by atoms with Crippen molar-refractivity contribution in [3.63, 3.8) is 0 Å². The Morgan fingerprint density at radius 3 is 2.39 bits per heavy atom. The number of hydrogen-bond acceptors (Lipinski definition) is 3. The van der Waals surface area contributed by atoms with Gasteiger partial charge in [0.1, 0.15) is 11.5 Å². The molecule has 3 nitrogen and oxygen atoms in total. The van der Waals surface area contributed by atoms with E-state index in [1.165, 1.54) is 5.56 Å². The third-order valence-electron chi connectivity index (χ3n) is 3.10. The largest absolute Gasteiger partial charge is 0.455 e. The maximum atomic E-state index is 5.92. The summed E-state index contributed by atoms with van der Waals surface area (Å²) < 4.78 is 5.92. The van der Waals surface area contributed by atoms with E-state index in [0.717, 1.165) is 28.3 Å². The van der Waals surface area contributed by atoms with E-state index in [9.17, 15) is 0 Å². The maximum Gasteiger partial charge on any atom is 0.145 e. The van der Waals surface area contributed by atoms with Crippen molar-refractivity contribution in [2.45, 2.75) is 27.3 Å². The summed E-state index contributed by atoms with van der Waals surface area (Å²) in [7, 11) is 0. The molecule has 94 valence electrons. The smallest absolute Gasteiger partial charge is 0.145 e. The third-order valence-corrected chi connectivity index (χ3v) is 3.10. The Balaban J connectivity index is 2.30. The molecule has 18 heavy (non-hydrogen) atoms. The summed E-state index contributed by atoms with van der Waals surface area (Å²) in [5.74, 6) is 1.65. The molecule has 0 aliphatic carbocycles. The normalized spacial score (nSPS) is 10.4. The van der Waals surface area contributed by atoms with Crippen LogP contribution in [-0.4, -0.2) is 4.98 Å². The second kappa shape index (κ2) is 5.19. The van der Waals surface area contributed by atoms with Crippen LogP contribution in [0.15, 0.2) is 30.5 Å². The van der Waals surface area contributed by atoms with Gasteiger partial charge in [0.05, 0.1) is 11.9 Å². The van der Waals surface area contributed by atoms with Crippen LogP contribution in [0.4, 0.5) is 0 Å². The van der Waals surface area contributed by atoms with E-state index in [4.69, 9.17) is 10.5 Å². The van der Waals surface area contributed by atoms with Crippen LogP contribution in [-0.2, 0) is 6.54 Å². The number of aryl methyl sites for hydroxylation is 2. The second-order valence-corrected chi connectivity index (χ2v) is 4.44. The predicted octanol–water partition coefficient (Wildman–Crippen LogP) is 3.26. The summed E-state index contributed by atoms with van der Waals surface area (Å²) in [6.45, 7) is 6.64. The summed E-state index contributed by atoms with van der Waals surface area (Å²) in [5.41, 5.74) is 9.89. The Bertz CT molecular complexity index is 547. The number of pyridine rings is 1. The lowest BCUT2D eigenvalue weighted by atomic mass is 10.1. The number of aromatic nitrogens is 1. The van der Waals surface area contributed by atoms with Gasteiger partial charge in [0.2, 0.25) is 0 Å². The van der Waals surface area contributed by atoms with E-state index in [-0.39, 0.29) is 0 Å². The van der Waals surface area contributed by atoms with Gasteiger partial charge in [-0.1, -0.05) is 12.1 Å². The van der Waals surface area contributed by atoms with E-state index in [0.29, 0.717) is 6.54 Å². The summed E-state index contributed by atoms with van der Waals surface area (Å²) in [5, 5.41) is 0. The molecule has 0 aliphatic heterocycles. The van der Waals surface area contributed by atoms with Crippen molar-refractivity contribution >= 4 is 0 Å². The second-order valence-electron chi connectivity index (χ2n) is 4.44. The van der Waals surface area contributed by atoms with E-state index < -0.39 is 0 Å². The van der Waals surface area contributed by atoms with E-state index in [2.05, 4.69) is 31.0 Å². The molecule has 0 unspecified atom stereocenters. The third kappa shape index (κ3) is 2.51. The van der Waals surface area contributed by atoms with Gasteiger partial charge in [0.15, 0.2) is 0 Å². The SMILES string of the molecule is Cc1ccc(C)c(Oc2ccc(CN)nc2)c1C. The van der Waals surface area contributed by atoms with E-state index in [1.54, 1.807) is 6.20 Å². The van der Waals surface area contributed by atoms with Crippen LogP contribution in [0.1, 0.15) is 22.4 Å². The minimum absolute atomic E-state index is 0.447. The van der Waals surface area contributed by atoms with Crippen LogP contribution >= 0.6 is 0 Å². The van der Waals surface area contributed by atoms with Crippen molar-refractivity contribution in [1.82, 2.24) is 4.98 Å². The predicted molar refractivity (Wildman–Crippen MR) is 72.9 cm³/mol. The van der Waals surface area contributed by atoms with Gasteiger partial charge >= 0.3 is 0 Å². The minimum atomic E-state index is 0.447. The number of nitrogens with two attached hydrogens (primary N) is 1. The fourth-order valence-corrected chi connectivity index (χ4v) is 1.79. The Morgan fingerprint density at radius 2 is 1.78 bits per heavy atom. The first kappa shape index (κ1) is 12.6. The first-order valence-electron chi connectivity index (χ1n) is 6.01. The topological polar surface area (TPSA) is 48.1 Å². The zero-order chi connectivity index (χ0) is 13.1. The molecule has 2 N–H and O–H groups in total. The molecule has 1 aromatic heterocycles. The quantitative estimate of drug-likeness (QED) is 0.898. The molecule has 3 heteroatoms. The van der Waals surface area contributed by atoms with Crippen LogP contribution in [0.3, 0.4) is 0 Å². The monoisotopic (exact) mass is 242 g/mol. The van der Waals surface area contributed by atoms with Crippen LogP contribution in [0.2, 0.25) is 0 Å². The van der Waals surface area contributed by atoms with E-state index >= 15 is 0 Å². The number of hydrogen-bond donors (Lipinski definition) is 1. The molecule has 0 amide bonds. The molecular weight excluding hydrogens is 224 g/mol. The zero-order valence-corrected chi connectivity index (χ0v) is 11.0. The summed E-state index contributed by atoms with van der Waals surface area (Å²) in [4.78, 5) is 4.23. The molecule has 0 aliphatic rings. The van der Waals surface area contributed by atoms with Crippen molar-refractivity contribution in [3.05, 3.63) is 52.8 Å². The van der Waals surface area contributed by atoms with Gasteiger partial charge in [0.25, 0.3) is 0 Å². The molecule has 2 aromatic rings. The average molecular weight is 242 g/mol. The average Bonchev–Trinajstić information content (AvgIpc) is 2.40. The first-order valence-corrected chi connectivity index (χ1v) is 6.01. The Labute approximate surface area is 108 Å². The lowest BCUT2D eigenvalue weighted by Gasteiger charge is -2.13. The summed E-state index contributed by atoms with van der Waals surface area (Å²) in [6.07, 6.45) is 1.71. The van der Waals surface area contributed by atoms with Crippen molar-refractivity contribution < 1.29 is 4.74 Å². The van der Waals surface area contributed by atoms with Crippen molar-refractivity contribution in [3.8, 4) is 11.5 Å². The fraction of sp³-hybridized carbons (Fsp3) is 0.267. The number of rotatable bonds is 3. The standard InChI is InChI=1S/C15H18N2O/c1-10-4-5-11(2)15(12(10)3)18-14-7-6-13(8-16)17-9-14/h4-7,9H,8,16H2,1-3H3. The van der Waals surface area contributed by atoms with Gasteiger partial charge in [-0.25, -0.2) is 0 Å². The number of nitrogens with zero attached hydrogens (tertiary/aromatic N) is 1. The highest BCUT2D eigenvalue weighted by molar-refractivity contribution is 5.46. The van der Waals surface area contributed by atoms with Crippen molar-refractivity contribution in [1.29, 1.82) is 0 Å². The first-order chi connectivity index (χ1) is 8.61. The van der Waals surface area contributed by atoms with Crippen LogP contribution in [0.25, 0.3) is 0 Å². The number of ether oxygens (including phenoxy) is 1. The summed E-state index contributed by atoms with van der Waals surface area (Å²) in [6, 6.07) is 7.96. The van der Waals surface area contributed by atoms with Gasteiger partial charge in [-0.2, -0.15) is 0 Å². The molecule has 1 aromatic carbocycles. The molecule has 0 spiro atoms. The molecule has 2 rings (SSSR count). The minimum Gasteiger partial charge on any atom is -0.455 e. The van der Waals surface area contributed by atoms with Gasteiger partial charge in [-0.3, -0.25) is 4.98 Å². The zero-order valence-electron chi connectivity index (χ0n) is 11.0. The highest BCUT2D eigenvalue weighted by Crippen LogP contribution is 2.30. The van der Waals surface area contributed by atoms with Gasteiger partial charge in [-0.15, -0.1) is 0 Å². The molecule has 0 fully saturated rings. The maximum absolute atomic E-state index is 5.92. The fourth-order valence-electron chi connectivity index (χ4n) is 1.79. The Morgan fingerprint density at radius 1 is 1.06 bits per heavy atom. The highest BCUT2D eigenvalue weighted by atomic mass is 16.5. The lowest BCUT2D eigenvalue weighted by molar-refractivity contribution is 0.472. The lowest BCUT2D eigenvalue weighted by Crippen LogP contribution is -1.99. The Kier molecular flexibility index (Phi) is 3.63. The molecule has 0 atom stereocenters. The van der Waals surface area contributed by atoms with Gasteiger partial charge < -0.3 is 10.5 Å². The molecule has 0 radical (unpaired) electrons. The molecule has 0 saturated carbocycles. The van der Waals surface area contributed by atoms with Gasteiger partial charge in [0, 0.05) is 6.54 Å². The molecule has 1 heterocycles. The van der Waals surface area contributed by atoms with E-state index in [1.807, 2.05) is 19.1 Å². The molecule has 0 bridgehead atoms. The van der Waals surface area contributed by atoms with Crippen LogP contribution < -0.4 is 10.5 Å².